The van der Waals surface area contributed by atoms with E-state index in [-0.39, 0.29) is 0 Å². The molecule has 0 aromatic heterocycles. The van der Waals surface area contributed by atoms with Crippen LogP contribution in [-0.4, -0.2) is 29.0 Å². The molecule has 0 fully saturated rings. The predicted molar refractivity (Wildman–Crippen MR) is 86.2 cm³/mol. The number of carbonyl (C=O) groups is 3. The van der Waals surface area contributed by atoms with Crippen molar-refractivity contribution in [2.24, 2.45) is 0 Å². The van der Waals surface area contributed by atoms with Crippen molar-refractivity contribution in [1.82, 2.24) is 4.90 Å². The van der Waals surface area contributed by atoms with Crippen LogP contribution in [0.1, 0.15) is 32.2 Å². The van der Waals surface area contributed by atoms with Gasteiger partial charge in [0.2, 0.25) is 0 Å². The summed E-state index contributed by atoms with van der Waals surface area (Å²) >= 11 is 0. The van der Waals surface area contributed by atoms with Gasteiger partial charge in [0.05, 0.1) is 11.1 Å². The van der Waals surface area contributed by atoms with E-state index >= 15 is 0 Å². The Morgan fingerprint density at radius 1 is 0.870 bits per heavy atom. The molecule has 0 unspecified atom stereocenters. The van der Waals surface area contributed by atoms with Gasteiger partial charge in [-0.1, -0.05) is 48.5 Å². The van der Waals surface area contributed by atoms with Gasteiger partial charge in [-0.15, -0.1) is 6.58 Å². The molecule has 23 heavy (non-hydrogen) atoms. The quantitative estimate of drug-likeness (QED) is 0.485. The van der Waals surface area contributed by atoms with Crippen LogP contribution in [0.25, 0.3) is 0 Å². The van der Waals surface area contributed by atoms with E-state index in [1.807, 2.05) is 30.3 Å². The Morgan fingerprint density at radius 3 is 1.87 bits per heavy atom. The number of aldehydes is 1. The van der Waals surface area contributed by atoms with E-state index in [0.29, 0.717) is 17.4 Å². The van der Waals surface area contributed by atoms with E-state index in [1.165, 1.54) is 0 Å². The molecular weight excluding hydrogens is 290 g/mol. The highest BCUT2D eigenvalue weighted by Gasteiger charge is 2.42. The summed E-state index contributed by atoms with van der Waals surface area (Å²) in [4.78, 5) is 37.9. The molecule has 4 nitrogen and oxygen atoms in total. The Kier molecular flexibility index (Phi) is 3.89. The third kappa shape index (κ3) is 2.38. The summed E-state index contributed by atoms with van der Waals surface area (Å²) in [5.74, 6) is -1.33. The monoisotopic (exact) mass is 305 g/mol. The minimum atomic E-state index is -0.915. The Bertz CT molecular complexity index is 747. The lowest BCUT2D eigenvalue weighted by Gasteiger charge is -2.27. The molecule has 1 aliphatic rings. The SMILES string of the molecule is C=C[C@H](c1ccccc1)[C@@H](C=O)N1C(=O)c2ccccc2C1=O. The average molecular weight is 305 g/mol. The first kappa shape index (κ1) is 14.9. The molecule has 0 spiro atoms. The maximum Gasteiger partial charge on any atom is 0.262 e. The van der Waals surface area contributed by atoms with Gasteiger partial charge in [0.25, 0.3) is 11.8 Å². The smallest absolute Gasteiger partial charge is 0.262 e. The topological polar surface area (TPSA) is 54.5 Å². The maximum absolute atomic E-state index is 12.6. The van der Waals surface area contributed by atoms with Crippen LogP contribution in [-0.2, 0) is 4.79 Å². The van der Waals surface area contributed by atoms with Crippen LogP contribution in [0.15, 0.2) is 67.3 Å². The standard InChI is InChI=1S/C19H15NO3/c1-2-14(13-8-4-3-5-9-13)17(12-21)20-18(22)15-10-6-7-11-16(15)19(20)23/h2-12,14,17H,1H2/t14-,17-/m1/s1. The van der Waals surface area contributed by atoms with Crippen LogP contribution in [0.4, 0.5) is 0 Å². The van der Waals surface area contributed by atoms with E-state index < -0.39 is 23.8 Å². The van der Waals surface area contributed by atoms with Gasteiger partial charge in [-0.3, -0.25) is 14.5 Å². The molecule has 2 amide bonds. The van der Waals surface area contributed by atoms with Crippen molar-refractivity contribution < 1.29 is 14.4 Å². The van der Waals surface area contributed by atoms with Crippen molar-refractivity contribution in [3.05, 3.63) is 83.9 Å². The summed E-state index contributed by atoms with van der Waals surface area (Å²) in [5.41, 5.74) is 1.50. The first-order chi connectivity index (χ1) is 11.2. The summed E-state index contributed by atoms with van der Waals surface area (Å²) in [7, 11) is 0. The van der Waals surface area contributed by atoms with Crippen molar-refractivity contribution in [3.8, 4) is 0 Å². The highest BCUT2D eigenvalue weighted by molar-refractivity contribution is 6.22. The number of carbonyl (C=O) groups excluding carboxylic acids is 3. The molecule has 0 bridgehead atoms. The molecule has 0 radical (unpaired) electrons. The van der Waals surface area contributed by atoms with Crippen LogP contribution in [0.5, 0.6) is 0 Å². The second-order valence-corrected chi connectivity index (χ2v) is 5.32. The maximum atomic E-state index is 12.6. The minimum absolute atomic E-state index is 0.334. The molecule has 0 saturated carbocycles. The van der Waals surface area contributed by atoms with Crippen LogP contribution in [0, 0.1) is 0 Å². The van der Waals surface area contributed by atoms with Crippen molar-refractivity contribution in [3.63, 3.8) is 0 Å². The molecule has 1 aliphatic heterocycles. The zero-order valence-electron chi connectivity index (χ0n) is 12.4. The lowest BCUT2D eigenvalue weighted by molar-refractivity contribution is -0.111. The van der Waals surface area contributed by atoms with Gasteiger partial charge >= 0.3 is 0 Å². The molecular formula is C19H15NO3. The number of amides is 2. The molecule has 2 atom stereocenters. The van der Waals surface area contributed by atoms with Crippen LogP contribution >= 0.6 is 0 Å². The molecule has 0 N–H and O–H groups in total. The van der Waals surface area contributed by atoms with Crippen LogP contribution in [0.2, 0.25) is 0 Å². The van der Waals surface area contributed by atoms with Crippen LogP contribution < -0.4 is 0 Å². The lowest BCUT2D eigenvalue weighted by atomic mass is 9.91. The van der Waals surface area contributed by atoms with E-state index in [0.717, 1.165) is 10.5 Å². The minimum Gasteiger partial charge on any atom is -0.301 e. The van der Waals surface area contributed by atoms with Crippen molar-refractivity contribution in [1.29, 1.82) is 0 Å². The van der Waals surface area contributed by atoms with Crippen molar-refractivity contribution >= 4 is 18.1 Å². The van der Waals surface area contributed by atoms with E-state index in [9.17, 15) is 14.4 Å². The van der Waals surface area contributed by atoms with Gasteiger partial charge in [0.15, 0.2) is 0 Å². The summed E-state index contributed by atoms with van der Waals surface area (Å²) in [5, 5.41) is 0. The fourth-order valence-corrected chi connectivity index (χ4v) is 2.93. The second-order valence-electron chi connectivity index (χ2n) is 5.32. The third-order valence-electron chi connectivity index (χ3n) is 4.07. The zero-order valence-corrected chi connectivity index (χ0v) is 12.4. The number of rotatable bonds is 5. The van der Waals surface area contributed by atoms with Gasteiger partial charge in [0, 0.05) is 5.92 Å². The first-order valence-corrected chi connectivity index (χ1v) is 7.28. The largest absolute Gasteiger partial charge is 0.301 e. The first-order valence-electron chi connectivity index (χ1n) is 7.28. The summed E-state index contributed by atoms with van der Waals surface area (Å²) < 4.78 is 0. The van der Waals surface area contributed by atoms with Crippen LogP contribution in [0.3, 0.4) is 0 Å². The number of nitrogens with zero attached hydrogens (tertiary/aromatic N) is 1. The van der Waals surface area contributed by atoms with Crippen molar-refractivity contribution in [2.75, 3.05) is 0 Å². The number of hydrogen-bond donors (Lipinski definition) is 0. The number of benzene rings is 2. The summed E-state index contributed by atoms with van der Waals surface area (Å²) in [6.45, 7) is 3.77. The Morgan fingerprint density at radius 2 is 1.39 bits per heavy atom. The predicted octanol–water partition coefficient (Wildman–Crippen LogP) is 2.82. The molecule has 2 aromatic rings. The van der Waals surface area contributed by atoms with Gasteiger partial charge in [-0.25, -0.2) is 0 Å². The highest BCUT2D eigenvalue weighted by Crippen LogP contribution is 2.30. The number of fused-ring (bicyclic) bond motifs is 1. The van der Waals surface area contributed by atoms with Gasteiger partial charge in [-0.05, 0) is 17.7 Å². The molecule has 0 aliphatic carbocycles. The molecule has 2 aromatic carbocycles. The second kappa shape index (κ2) is 6.01. The van der Waals surface area contributed by atoms with Gasteiger partial charge in [-0.2, -0.15) is 0 Å². The van der Waals surface area contributed by atoms with E-state index in [1.54, 1.807) is 30.3 Å². The summed E-state index contributed by atoms with van der Waals surface area (Å²) in [6, 6.07) is 14.9. The normalized spacial score (nSPS) is 15.9. The molecule has 3 rings (SSSR count). The lowest BCUT2D eigenvalue weighted by Crippen LogP contribution is -2.44. The summed E-state index contributed by atoms with van der Waals surface area (Å²) in [6.07, 6.45) is 2.24. The number of hydrogen-bond acceptors (Lipinski definition) is 3. The fraction of sp³-hybridized carbons (Fsp3) is 0.105. The zero-order chi connectivity index (χ0) is 16.4. The Hall–Kier alpha value is -3.01. The fourth-order valence-electron chi connectivity index (χ4n) is 2.93. The molecule has 4 heteroatoms. The molecule has 114 valence electrons. The third-order valence-corrected chi connectivity index (χ3v) is 4.07. The molecule has 1 heterocycles. The number of imide groups is 1. The molecule has 0 saturated heterocycles. The van der Waals surface area contributed by atoms with E-state index in [4.69, 9.17) is 0 Å². The highest BCUT2D eigenvalue weighted by atomic mass is 16.2. The van der Waals surface area contributed by atoms with Crippen molar-refractivity contribution in [2.45, 2.75) is 12.0 Å². The van der Waals surface area contributed by atoms with E-state index in [2.05, 4.69) is 6.58 Å². The Labute approximate surface area is 134 Å². The Balaban J connectivity index is 2.02. The van der Waals surface area contributed by atoms with Gasteiger partial charge < -0.3 is 4.79 Å². The average Bonchev–Trinajstić information content (AvgIpc) is 2.85. The van der Waals surface area contributed by atoms with Gasteiger partial charge in [0.1, 0.15) is 12.3 Å².